The minimum Gasteiger partial charge on any atom is -0.383 e. The molecule has 0 aromatic rings. The molecule has 1 aliphatic rings. The number of hydrogen-bond donors (Lipinski definition) is 1. The predicted molar refractivity (Wildman–Crippen MR) is 39.5 cm³/mol. The van der Waals surface area contributed by atoms with Gasteiger partial charge in [-0.3, -0.25) is 4.79 Å². The Morgan fingerprint density at radius 2 is 2.40 bits per heavy atom. The first-order valence-electron chi connectivity index (χ1n) is 2.87. The molecule has 0 saturated carbocycles. The van der Waals surface area contributed by atoms with Crippen LogP contribution in [0.2, 0.25) is 0 Å². The van der Waals surface area contributed by atoms with E-state index in [1.807, 2.05) is 0 Å². The van der Waals surface area contributed by atoms with E-state index in [0.29, 0.717) is 17.1 Å². The van der Waals surface area contributed by atoms with E-state index in [9.17, 15) is 4.79 Å². The fourth-order valence-electron chi connectivity index (χ4n) is 0.653. The van der Waals surface area contributed by atoms with Gasteiger partial charge in [-0.25, -0.2) is 4.99 Å². The highest BCUT2D eigenvalue weighted by molar-refractivity contribution is 6.08. The third-order valence-corrected chi connectivity index (χ3v) is 1.24. The third-order valence-electron chi connectivity index (χ3n) is 1.24. The summed E-state index contributed by atoms with van der Waals surface area (Å²) in [4.78, 5) is 14.4. The Kier molecular flexibility index (Phi) is 1.41. The molecule has 1 aliphatic heterocycles. The molecule has 2 N–H and O–H groups in total. The molecule has 0 atom stereocenters. The fourth-order valence-corrected chi connectivity index (χ4v) is 0.653. The minimum absolute atomic E-state index is 0.0819. The van der Waals surface area contributed by atoms with Crippen LogP contribution < -0.4 is 5.73 Å². The summed E-state index contributed by atoms with van der Waals surface area (Å²) >= 11 is 0. The lowest BCUT2D eigenvalue weighted by Gasteiger charge is -1.86. The molecule has 0 aromatic heterocycles. The summed E-state index contributed by atoms with van der Waals surface area (Å²) in [5, 5.41) is 0. The number of carbonyl (C=O) groups excluding carboxylic acids is 1. The Morgan fingerprint density at radius 1 is 1.80 bits per heavy atom. The van der Waals surface area contributed by atoms with E-state index in [-0.39, 0.29) is 5.78 Å². The van der Waals surface area contributed by atoms with Crippen molar-refractivity contribution in [2.24, 2.45) is 10.7 Å². The van der Waals surface area contributed by atoms with Crippen LogP contribution in [0.1, 0.15) is 6.92 Å². The van der Waals surface area contributed by atoms with Crippen molar-refractivity contribution in [2.75, 3.05) is 0 Å². The highest BCUT2D eigenvalue weighted by atomic mass is 16.1. The topological polar surface area (TPSA) is 55.5 Å². The maximum absolute atomic E-state index is 10.7. The lowest BCUT2D eigenvalue weighted by molar-refractivity contribution is -0.113. The zero-order valence-electron chi connectivity index (χ0n) is 5.72. The Balaban J connectivity index is 2.96. The molecule has 0 unspecified atom stereocenters. The van der Waals surface area contributed by atoms with Gasteiger partial charge in [0, 0.05) is 12.5 Å². The second kappa shape index (κ2) is 2.10. The number of ketones is 1. The van der Waals surface area contributed by atoms with Crippen molar-refractivity contribution in [3.63, 3.8) is 0 Å². The molecule has 0 amide bonds. The minimum atomic E-state index is -0.0819. The lowest BCUT2D eigenvalue weighted by Crippen LogP contribution is -2.09. The van der Waals surface area contributed by atoms with Crippen molar-refractivity contribution in [3.05, 3.63) is 23.9 Å². The first-order chi connectivity index (χ1) is 4.61. The first kappa shape index (κ1) is 6.74. The van der Waals surface area contributed by atoms with Gasteiger partial charge in [-0.05, 0) is 6.08 Å². The van der Waals surface area contributed by atoms with Gasteiger partial charge < -0.3 is 5.73 Å². The predicted octanol–water partition coefficient (Wildman–Crippen LogP) is 0.386. The summed E-state index contributed by atoms with van der Waals surface area (Å²) in [6.45, 7) is 5.03. The number of carbonyl (C=O) groups is 1. The zero-order valence-corrected chi connectivity index (χ0v) is 5.72. The van der Waals surface area contributed by atoms with Gasteiger partial charge in [-0.2, -0.15) is 0 Å². The highest BCUT2D eigenvalue weighted by Crippen LogP contribution is 2.11. The summed E-state index contributed by atoms with van der Waals surface area (Å²) in [6, 6.07) is 0. The lowest BCUT2D eigenvalue weighted by atomic mass is 10.2. The summed E-state index contributed by atoms with van der Waals surface area (Å²) in [6.07, 6.45) is 1.58. The van der Waals surface area contributed by atoms with Crippen molar-refractivity contribution in [3.8, 4) is 0 Å². The SMILES string of the molecule is C=C1C=C(C(C)=O)N=C1N. The second-order valence-corrected chi connectivity index (χ2v) is 2.11. The van der Waals surface area contributed by atoms with E-state index in [1.54, 1.807) is 6.08 Å². The number of rotatable bonds is 1. The Labute approximate surface area is 58.9 Å². The van der Waals surface area contributed by atoms with Gasteiger partial charge in [0.1, 0.15) is 11.5 Å². The van der Waals surface area contributed by atoms with Gasteiger partial charge in [-0.1, -0.05) is 6.58 Å². The van der Waals surface area contributed by atoms with E-state index in [1.165, 1.54) is 6.92 Å². The molecule has 0 aromatic carbocycles. The molecule has 0 bridgehead atoms. The van der Waals surface area contributed by atoms with E-state index in [4.69, 9.17) is 5.73 Å². The van der Waals surface area contributed by atoms with E-state index < -0.39 is 0 Å². The zero-order chi connectivity index (χ0) is 7.72. The number of allylic oxidation sites excluding steroid dienone is 1. The van der Waals surface area contributed by atoms with Crippen LogP contribution in [0.3, 0.4) is 0 Å². The molecular weight excluding hydrogens is 128 g/mol. The number of aliphatic imine (C=N–C) groups is 1. The van der Waals surface area contributed by atoms with Gasteiger partial charge in [0.15, 0.2) is 5.78 Å². The fraction of sp³-hybridized carbons (Fsp3) is 0.143. The van der Waals surface area contributed by atoms with Crippen molar-refractivity contribution >= 4 is 11.6 Å². The van der Waals surface area contributed by atoms with Crippen LogP contribution in [0.15, 0.2) is 28.9 Å². The van der Waals surface area contributed by atoms with E-state index >= 15 is 0 Å². The largest absolute Gasteiger partial charge is 0.383 e. The Hall–Kier alpha value is -1.38. The van der Waals surface area contributed by atoms with Crippen molar-refractivity contribution < 1.29 is 4.79 Å². The highest BCUT2D eigenvalue weighted by Gasteiger charge is 2.11. The average molecular weight is 136 g/mol. The summed E-state index contributed by atoms with van der Waals surface area (Å²) < 4.78 is 0. The molecule has 1 rings (SSSR count). The Bertz CT molecular complexity index is 251. The molecular formula is C7H8N2O. The van der Waals surface area contributed by atoms with Gasteiger partial charge in [-0.15, -0.1) is 0 Å². The second-order valence-electron chi connectivity index (χ2n) is 2.11. The van der Waals surface area contributed by atoms with Crippen molar-refractivity contribution in [1.82, 2.24) is 0 Å². The average Bonchev–Trinajstić information content (AvgIpc) is 2.13. The van der Waals surface area contributed by atoms with Crippen LogP contribution >= 0.6 is 0 Å². The van der Waals surface area contributed by atoms with Crippen LogP contribution in [-0.2, 0) is 4.79 Å². The number of Topliss-reactive ketones (excluding diaryl/α,β-unsaturated/α-hetero) is 1. The molecule has 0 fully saturated rings. The van der Waals surface area contributed by atoms with E-state index in [2.05, 4.69) is 11.6 Å². The molecule has 0 aliphatic carbocycles. The summed E-state index contributed by atoms with van der Waals surface area (Å²) in [5.41, 5.74) is 6.36. The molecule has 1 heterocycles. The standard InChI is InChI=1S/C7H8N2O/c1-4-3-6(5(2)10)9-7(4)8/h3H,1H2,2H3,(H2,8,9). The number of amidine groups is 1. The normalized spacial score (nSPS) is 16.7. The van der Waals surface area contributed by atoms with Gasteiger partial charge >= 0.3 is 0 Å². The van der Waals surface area contributed by atoms with Crippen LogP contribution in [0.4, 0.5) is 0 Å². The van der Waals surface area contributed by atoms with Crippen LogP contribution in [0, 0.1) is 0 Å². The summed E-state index contributed by atoms with van der Waals surface area (Å²) in [7, 11) is 0. The van der Waals surface area contributed by atoms with Crippen molar-refractivity contribution in [1.29, 1.82) is 0 Å². The van der Waals surface area contributed by atoms with Gasteiger partial charge in [0.2, 0.25) is 0 Å². The van der Waals surface area contributed by atoms with Crippen LogP contribution in [0.5, 0.6) is 0 Å². The molecule has 0 spiro atoms. The molecule has 3 nitrogen and oxygen atoms in total. The number of nitrogens with zero attached hydrogens (tertiary/aromatic N) is 1. The van der Waals surface area contributed by atoms with Crippen LogP contribution in [-0.4, -0.2) is 11.6 Å². The smallest absolute Gasteiger partial charge is 0.178 e. The quantitative estimate of drug-likeness (QED) is 0.566. The van der Waals surface area contributed by atoms with Gasteiger partial charge in [0.25, 0.3) is 0 Å². The van der Waals surface area contributed by atoms with Gasteiger partial charge in [0.05, 0.1) is 0 Å². The monoisotopic (exact) mass is 136 g/mol. The molecule has 10 heavy (non-hydrogen) atoms. The molecule has 3 heteroatoms. The number of hydrogen-bond acceptors (Lipinski definition) is 3. The summed E-state index contributed by atoms with van der Waals surface area (Å²) in [5.74, 6) is 0.256. The number of nitrogens with two attached hydrogens (primary N) is 1. The Morgan fingerprint density at radius 3 is 2.60 bits per heavy atom. The molecule has 52 valence electrons. The molecule has 0 saturated heterocycles. The maximum Gasteiger partial charge on any atom is 0.178 e. The maximum atomic E-state index is 10.7. The first-order valence-corrected chi connectivity index (χ1v) is 2.87. The van der Waals surface area contributed by atoms with E-state index in [0.717, 1.165) is 0 Å². The third kappa shape index (κ3) is 0.978. The van der Waals surface area contributed by atoms with Crippen LogP contribution in [0.25, 0.3) is 0 Å². The molecule has 0 radical (unpaired) electrons. The van der Waals surface area contributed by atoms with Crippen molar-refractivity contribution in [2.45, 2.75) is 6.92 Å².